The third-order valence-electron chi connectivity index (χ3n) is 2.97. The smallest absolute Gasteiger partial charge is 0.0838 e. The van der Waals surface area contributed by atoms with Crippen LogP contribution < -0.4 is 0 Å². The average molecular weight is 206 g/mol. The van der Waals surface area contributed by atoms with Crippen LogP contribution in [0, 0.1) is 0 Å². The molecule has 0 spiro atoms. The average Bonchev–Trinajstić information content (AvgIpc) is 2.29. The van der Waals surface area contributed by atoms with Gasteiger partial charge in [-0.3, -0.25) is 0 Å². The third-order valence-corrected chi connectivity index (χ3v) is 2.97. The molecular formula is C13H18O2. The van der Waals surface area contributed by atoms with Gasteiger partial charge in [0, 0.05) is 0 Å². The van der Waals surface area contributed by atoms with Gasteiger partial charge in [0.05, 0.1) is 18.8 Å². The minimum atomic E-state index is -0.262. The van der Waals surface area contributed by atoms with Gasteiger partial charge in [-0.25, -0.2) is 0 Å². The van der Waals surface area contributed by atoms with Crippen LogP contribution in [0.3, 0.4) is 0 Å². The summed E-state index contributed by atoms with van der Waals surface area (Å²) in [6, 6.07) is 10.1. The lowest BCUT2D eigenvalue weighted by molar-refractivity contribution is -0.0661. The summed E-state index contributed by atoms with van der Waals surface area (Å²) in [6.07, 6.45) is 3.97. The van der Waals surface area contributed by atoms with Crippen molar-refractivity contribution < 1.29 is 9.84 Å². The fourth-order valence-electron chi connectivity index (χ4n) is 2.05. The Morgan fingerprint density at radius 2 is 1.87 bits per heavy atom. The zero-order valence-electron chi connectivity index (χ0n) is 8.93. The highest BCUT2D eigenvalue weighted by atomic mass is 16.5. The van der Waals surface area contributed by atoms with Gasteiger partial charge in [-0.15, -0.1) is 0 Å². The van der Waals surface area contributed by atoms with E-state index in [4.69, 9.17) is 4.74 Å². The highest BCUT2D eigenvalue weighted by Crippen LogP contribution is 2.22. The van der Waals surface area contributed by atoms with Crippen molar-refractivity contribution in [3.63, 3.8) is 0 Å². The summed E-state index contributed by atoms with van der Waals surface area (Å²) in [5, 5.41) is 9.72. The molecule has 1 aromatic carbocycles. The fourth-order valence-corrected chi connectivity index (χ4v) is 2.05. The van der Waals surface area contributed by atoms with E-state index < -0.39 is 0 Å². The molecule has 0 bridgehead atoms. The highest BCUT2D eigenvalue weighted by Gasteiger charge is 2.23. The molecule has 1 aliphatic carbocycles. The van der Waals surface area contributed by atoms with Crippen LogP contribution in [0.2, 0.25) is 0 Å². The van der Waals surface area contributed by atoms with Gasteiger partial charge >= 0.3 is 0 Å². The van der Waals surface area contributed by atoms with Crippen LogP contribution in [0.15, 0.2) is 30.3 Å². The first kappa shape index (κ1) is 10.7. The predicted octanol–water partition coefficient (Wildman–Crippen LogP) is 2.51. The summed E-state index contributed by atoms with van der Waals surface area (Å²) in [7, 11) is 0. The van der Waals surface area contributed by atoms with Crippen molar-refractivity contribution >= 4 is 0 Å². The van der Waals surface area contributed by atoms with Gasteiger partial charge < -0.3 is 9.84 Å². The summed E-state index contributed by atoms with van der Waals surface area (Å²) in [6.45, 7) is 0.614. The lowest BCUT2D eigenvalue weighted by atomic mass is 9.95. The van der Waals surface area contributed by atoms with Crippen LogP contribution >= 0.6 is 0 Å². The Bertz CT molecular complexity index is 284. The summed E-state index contributed by atoms with van der Waals surface area (Å²) in [4.78, 5) is 0. The van der Waals surface area contributed by atoms with Crippen LogP contribution in [-0.2, 0) is 11.3 Å². The van der Waals surface area contributed by atoms with E-state index in [1.807, 2.05) is 18.2 Å². The fraction of sp³-hybridized carbons (Fsp3) is 0.538. The van der Waals surface area contributed by atoms with E-state index in [9.17, 15) is 5.11 Å². The monoisotopic (exact) mass is 206 g/mol. The van der Waals surface area contributed by atoms with Gasteiger partial charge in [0.1, 0.15) is 0 Å². The number of benzene rings is 1. The van der Waals surface area contributed by atoms with Crippen molar-refractivity contribution in [1.82, 2.24) is 0 Å². The Morgan fingerprint density at radius 3 is 2.60 bits per heavy atom. The quantitative estimate of drug-likeness (QED) is 0.823. The number of hydrogen-bond donors (Lipinski definition) is 1. The molecule has 0 saturated heterocycles. The topological polar surface area (TPSA) is 29.5 Å². The molecule has 0 radical (unpaired) electrons. The largest absolute Gasteiger partial charge is 0.390 e. The molecule has 1 fully saturated rings. The van der Waals surface area contributed by atoms with Crippen molar-refractivity contribution in [2.24, 2.45) is 0 Å². The molecular weight excluding hydrogens is 188 g/mol. The van der Waals surface area contributed by atoms with E-state index in [0.717, 1.165) is 19.3 Å². The number of rotatable bonds is 3. The summed E-state index contributed by atoms with van der Waals surface area (Å²) in [5.41, 5.74) is 1.18. The van der Waals surface area contributed by atoms with E-state index in [-0.39, 0.29) is 12.2 Å². The van der Waals surface area contributed by atoms with Gasteiger partial charge in [0.25, 0.3) is 0 Å². The van der Waals surface area contributed by atoms with Crippen molar-refractivity contribution in [3.8, 4) is 0 Å². The SMILES string of the molecule is O[C@H]1CCCC[C@H]1OCc1ccccc1. The number of hydrogen-bond acceptors (Lipinski definition) is 2. The second-order valence-electron chi connectivity index (χ2n) is 4.19. The third kappa shape index (κ3) is 3.05. The highest BCUT2D eigenvalue weighted by molar-refractivity contribution is 5.13. The van der Waals surface area contributed by atoms with E-state index in [0.29, 0.717) is 6.61 Å². The minimum absolute atomic E-state index is 0.0407. The maximum Gasteiger partial charge on any atom is 0.0838 e. The van der Waals surface area contributed by atoms with E-state index in [1.54, 1.807) is 0 Å². The van der Waals surface area contributed by atoms with Crippen molar-refractivity contribution in [1.29, 1.82) is 0 Å². The zero-order valence-corrected chi connectivity index (χ0v) is 8.93. The first-order chi connectivity index (χ1) is 7.36. The molecule has 2 rings (SSSR count). The molecule has 1 saturated carbocycles. The molecule has 2 nitrogen and oxygen atoms in total. The molecule has 2 heteroatoms. The number of aliphatic hydroxyl groups is 1. The molecule has 82 valence electrons. The maximum atomic E-state index is 9.72. The van der Waals surface area contributed by atoms with Crippen molar-refractivity contribution in [3.05, 3.63) is 35.9 Å². The molecule has 0 aromatic heterocycles. The summed E-state index contributed by atoms with van der Waals surface area (Å²) in [5.74, 6) is 0. The Labute approximate surface area is 90.9 Å². The molecule has 15 heavy (non-hydrogen) atoms. The minimum Gasteiger partial charge on any atom is -0.390 e. The maximum absolute atomic E-state index is 9.72. The first-order valence-electron chi connectivity index (χ1n) is 5.70. The van der Waals surface area contributed by atoms with Gasteiger partial charge in [-0.2, -0.15) is 0 Å². The first-order valence-corrected chi connectivity index (χ1v) is 5.70. The van der Waals surface area contributed by atoms with Crippen LogP contribution in [0.5, 0.6) is 0 Å². The Balaban J connectivity index is 1.82. The molecule has 1 aromatic rings. The molecule has 1 aliphatic rings. The molecule has 0 aliphatic heterocycles. The Hall–Kier alpha value is -0.860. The molecule has 1 N–H and O–H groups in total. The van der Waals surface area contributed by atoms with Crippen LogP contribution in [-0.4, -0.2) is 17.3 Å². The van der Waals surface area contributed by atoms with E-state index in [2.05, 4.69) is 12.1 Å². The molecule has 0 heterocycles. The summed E-state index contributed by atoms with van der Waals surface area (Å²) < 4.78 is 5.73. The van der Waals surface area contributed by atoms with Crippen LogP contribution in [0.25, 0.3) is 0 Å². The number of ether oxygens (including phenoxy) is 1. The van der Waals surface area contributed by atoms with Crippen molar-refractivity contribution in [2.75, 3.05) is 0 Å². The summed E-state index contributed by atoms with van der Waals surface area (Å²) >= 11 is 0. The normalized spacial score (nSPS) is 26.5. The number of aliphatic hydroxyl groups excluding tert-OH is 1. The van der Waals surface area contributed by atoms with Crippen LogP contribution in [0.1, 0.15) is 31.2 Å². The lowest BCUT2D eigenvalue weighted by Crippen LogP contribution is -2.32. The molecule has 0 unspecified atom stereocenters. The zero-order chi connectivity index (χ0) is 10.5. The van der Waals surface area contributed by atoms with E-state index >= 15 is 0 Å². The van der Waals surface area contributed by atoms with Gasteiger partial charge in [-0.05, 0) is 18.4 Å². The second kappa shape index (κ2) is 5.29. The van der Waals surface area contributed by atoms with Crippen molar-refractivity contribution in [2.45, 2.75) is 44.5 Å². The van der Waals surface area contributed by atoms with Gasteiger partial charge in [-0.1, -0.05) is 43.2 Å². The Morgan fingerprint density at radius 1 is 1.13 bits per heavy atom. The standard InChI is InChI=1S/C13H18O2/c14-12-8-4-5-9-13(12)15-10-11-6-2-1-3-7-11/h1-3,6-7,12-14H,4-5,8-10H2/t12-,13+/m0/s1. The van der Waals surface area contributed by atoms with E-state index in [1.165, 1.54) is 12.0 Å². The molecule has 2 atom stereocenters. The van der Waals surface area contributed by atoms with Gasteiger partial charge in [0.2, 0.25) is 0 Å². The lowest BCUT2D eigenvalue weighted by Gasteiger charge is -2.27. The van der Waals surface area contributed by atoms with Crippen LogP contribution in [0.4, 0.5) is 0 Å². The second-order valence-corrected chi connectivity index (χ2v) is 4.19. The molecule has 0 amide bonds. The Kier molecular flexibility index (Phi) is 3.75. The van der Waals surface area contributed by atoms with Gasteiger partial charge in [0.15, 0.2) is 0 Å². The predicted molar refractivity (Wildman–Crippen MR) is 59.5 cm³/mol.